The highest BCUT2D eigenvalue weighted by Gasteiger charge is 2.22. The van der Waals surface area contributed by atoms with Gasteiger partial charge in [0.1, 0.15) is 5.75 Å². The molecule has 7 heteroatoms. The molecule has 0 atom stereocenters. The third-order valence-corrected chi connectivity index (χ3v) is 4.70. The minimum Gasteiger partial charge on any atom is -0.493 e. The first-order valence-electron chi connectivity index (χ1n) is 7.54. The van der Waals surface area contributed by atoms with Gasteiger partial charge in [0, 0.05) is 29.3 Å². The maximum Gasteiger partial charge on any atom is 0.269 e. The van der Waals surface area contributed by atoms with Crippen LogP contribution in [0.2, 0.25) is 0 Å². The Morgan fingerprint density at radius 2 is 1.96 bits per heavy atom. The van der Waals surface area contributed by atoms with E-state index in [1.807, 2.05) is 24.3 Å². The summed E-state index contributed by atoms with van der Waals surface area (Å²) in [6.07, 6.45) is 0.260. The molecule has 2 aromatic carbocycles. The standard InChI is InChI=1S/C17H16N2O4S/c20-17(18-10-12-24-16-4-2-1-3-15(16)18)9-11-23-14-7-5-13(6-8-14)19(21)22/h1-8H,9-12H2. The van der Waals surface area contributed by atoms with Gasteiger partial charge in [0.2, 0.25) is 5.91 Å². The van der Waals surface area contributed by atoms with Crippen LogP contribution in [0.1, 0.15) is 6.42 Å². The molecule has 0 bridgehead atoms. The van der Waals surface area contributed by atoms with E-state index in [1.54, 1.807) is 16.7 Å². The number of nitro groups is 1. The Kier molecular flexibility index (Phi) is 5.00. The normalized spacial score (nSPS) is 13.2. The first-order chi connectivity index (χ1) is 11.6. The van der Waals surface area contributed by atoms with Gasteiger partial charge in [0.25, 0.3) is 5.69 Å². The van der Waals surface area contributed by atoms with Crippen LogP contribution in [0.25, 0.3) is 0 Å². The predicted octanol–water partition coefficient (Wildman–Crippen LogP) is 3.50. The smallest absolute Gasteiger partial charge is 0.269 e. The van der Waals surface area contributed by atoms with Gasteiger partial charge in [-0.2, -0.15) is 0 Å². The van der Waals surface area contributed by atoms with Gasteiger partial charge in [-0.15, -0.1) is 11.8 Å². The Balaban J connectivity index is 1.56. The van der Waals surface area contributed by atoms with E-state index >= 15 is 0 Å². The number of anilines is 1. The summed E-state index contributed by atoms with van der Waals surface area (Å²) in [6, 6.07) is 13.7. The summed E-state index contributed by atoms with van der Waals surface area (Å²) in [5, 5.41) is 10.6. The van der Waals surface area contributed by atoms with E-state index in [4.69, 9.17) is 4.74 Å². The molecule has 0 radical (unpaired) electrons. The highest BCUT2D eigenvalue weighted by molar-refractivity contribution is 7.99. The first-order valence-corrected chi connectivity index (χ1v) is 8.53. The molecule has 2 aromatic rings. The average Bonchev–Trinajstić information content (AvgIpc) is 2.61. The van der Waals surface area contributed by atoms with Crippen LogP contribution in [0.4, 0.5) is 11.4 Å². The van der Waals surface area contributed by atoms with E-state index in [0.29, 0.717) is 12.3 Å². The summed E-state index contributed by atoms with van der Waals surface area (Å²) in [4.78, 5) is 25.5. The fourth-order valence-corrected chi connectivity index (χ4v) is 3.48. The summed E-state index contributed by atoms with van der Waals surface area (Å²) in [6.45, 7) is 0.931. The maximum absolute atomic E-state index is 12.4. The number of nitro benzene ring substituents is 1. The second-order valence-corrected chi connectivity index (χ2v) is 6.35. The minimum absolute atomic E-state index is 0.0147. The van der Waals surface area contributed by atoms with E-state index < -0.39 is 4.92 Å². The number of amides is 1. The second-order valence-electron chi connectivity index (χ2n) is 5.21. The summed E-state index contributed by atoms with van der Waals surface area (Å²) in [5.41, 5.74) is 0.968. The molecule has 0 fully saturated rings. The lowest BCUT2D eigenvalue weighted by Crippen LogP contribution is -2.36. The number of benzene rings is 2. The van der Waals surface area contributed by atoms with Gasteiger partial charge in [-0.05, 0) is 24.3 Å². The minimum atomic E-state index is -0.459. The van der Waals surface area contributed by atoms with Crippen LogP contribution in [0.15, 0.2) is 53.4 Å². The Morgan fingerprint density at radius 3 is 2.71 bits per heavy atom. The van der Waals surface area contributed by atoms with Crippen molar-refractivity contribution >= 4 is 29.0 Å². The Bertz CT molecular complexity index is 749. The van der Waals surface area contributed by atoms with Crippen molar-refractivity contribution in [2.75, 3.05) is 23.8 Å². The predicted molar refractivity (Wildman–Crippen MR) is 92.7 cm³/mol. The molecule has 0 spiro atoms. The average molecular weight is 344 g/mol. The van der Waals surface area contributed by atoms with Crippen molar-refractivity contribution in [3.63, 3.8) is 0 Å². The van der Waals surface area contributed by atoms with Crippen molar-refractivity contribution in [3.05, 3.63) is 58.6 Å². The van der Waals surface area contributed by atoms with Crippen LogP contribution in [0.5, 0.6) is 5.75 Å². The maximum atomic E-state index is 12.4. The summed E-state index contributed by atoms with van der Waals surface area (Å²) in [5.74, 6) is 1.42. The number of rotatable bonds is 5. The third-order valence-electron chi connectivity index (χ3n) is 3.66. The van der Waals surface area contributed by atoms with Crippen molar-refractivity contribution in [2.45, 2.75) is 11.3 Å². The van der Waals surface area contributed by atoms with Crippen LogP contribution in [-0.2, 0) is 4.79 Å². The molecule has 24 heavy (non-hydrogen) atoms. The summed E-state index contributed by atoms with van der Waals surface area (Å²) >= 11 is 1.75. The number of carbonyl (C=O) groups excluding carboxylic acids is 1. The van der Waals surface area contributed by atoms with Gasteiger partial charge >= 0.3 is 0 Å². The fourth-order valence-electron chi connectivity index (χ4n) is 2.48. The second kappa shape index (κ2) is 7.35. The number of carbonyl (C=O) groups is 1. The Morgan fingerprint density at radius 1 is 1.21 bits per heavy atom. The summed E-state index contributed by atoms with van der Waals surface area (Å²) < 4.78 is 5.51. The molecule has 124 valence electrons. The van der Waals surface area contributed by atoms with E-state index in [0.717, 1.165) is 16.3 Å². The number of thioether (sulfide) groups is 1. The van der Waals surface area contributed by atoms with Gasteiger partial charge in [-0.3, -0.25) is 14.9 Å². The Labute approximate surface area is 143 Å². The zero-order valence-electron chi connectivity index (χ0n) is 12.9. The SMILES string of the molecule is O=C(CCOc1ccc([N+](=O)[O-])cc1)N1CCSc2ccccc21. The highest BCUT2D eigenvalue weighted by atomic mass is 32.2. The van der Waals surface area contributed by atoms with Crippen molar-refractivity contribution in [2.24, 2.45) is 0 Å². The zero-order chi connectivity index (χ0) is 16.9. The monoisotopic (exact) mass is 344 g/mol. The van der Waals surface area contributed by atoms with E-state index in [2.05, 4.69) is 0 Å². The third kappa shape index (κ3) is 3.68. The number of non-ortho nitro benzene ring substituents is 1. The number of para-hydroxylation sites is 1. The molecule has 1 heterocycles. The number of hydrogen-bond acceptors (Lipinski definition) is 5. The van der Waals surface area contributed by atoms with Crippen LogP contribution < -0.4 is 9.64 Å². The van der Waals surface area contributed by atoms with Crippen LogP contribution >= 0.6 is 11.8 Å². The molecular weight excluding hydrogens is 328 g/mol. The molecule has 1 aliphatic rings. The van der Waals surface area contributed by atoms with Gasteiger partial charge < -0.3 is 9.64 Å². The molecule has 1 aliphatic heterocycles. The highest BCUT2D eigenvalue weighted by Crippen LogP contribution is 2.34. The van der Waals surface area contributed by atoms with Crippen molar-refractivity contribution < 1.29 is 14.5 Å². The molecule has 1 amide bonds. The van der Waals surface area contributed by atoms with Crippen molar-refractivity contribution in [1.29, 1.82) is 0 Å². The van der Waals surface area contributed by atoms with Crippen LogP contribution in [0.3, 0.4) is 0 Å². The summed E-state index contributed by atoms with van der Waals surface area (Å²) in [7, 11) is 0. The number of fused-ring (bicyclic) bond motifs is 1. The van der Waals surface area contributed by atoms with Crippen molar-refractivity contribution in [3.8, 4) is 5.75 Å². The Hall–Kier alpha value is -2.54. The fraction of sp³-hybridized carbons (Fsp3) is 0.235. The molecule has 0 unspecified atom stereocenters. The van der Waals surface area contributed by atoms with E-state index in [-0.39, 0.29) is 24.6 Å². The van der Waals surface area contributed by atoms with E-state index in [9.17, 15) is 14.9 Å². The van der Waals surface area contributed by atoms with Crippen molar-refractivity contribution in [1.82, 2.24) is 0 Å². The lowest BCUT2D eigenvalue weighted by Gasteiger charge is -2.29. The number of nitrogens with zero attached hydrogens (tertiary/aromatic N) is 2. The molecule has 0 saturated carbocycles. The first kappa shape index (κ1) is 16.3. The molecule has 0 aliphatic carbocycles. The molecule has 0 saturated heterocycles. The molecule has 0 N–H and O–H groups in total. The van der Waals surface area contributed by atoms with Gasteiger partial charge in [-0.1, -0.05) is 12.1 Å². The van der Waals surface area contributed by atoms with E-state index in [1.165, 1.54) is 24.3 Å². The lowest BCUT2D eigenvalue weighted by atomic mass is 10.2. The van der Waals surface area contributed by atoms with Gasteiger partial charge in [0.05, 0.1) is 23.6 Å². The zero-order valence-corrected chi connectivity index (χ0v) is 13.7. The largest absolute Gasteiger partial charge is 0.493 e. The van der Waals surface area contributed by atoms with Gasteiger partial charge in [-0.25, -0.2) is 0 Å². The number of ether oxygens (including phenoxy) is 1. The molecule has 3 rings (SSSR count). The molecule has 6 nitrogen and oxygen atoms in total. The van der Waals surface area contributed by atoms with Gasteiger partial charge in [0.15, 0.2) is 0 Å². The molecule has 0 aromatic heterocycles. The topological polar surface area (TPSA) is 72.7 Å². The number of hydrogen-bond donors (Lipinski definition) is 0. The molecular formula is C17H16N2O4S. The van der Waals surface area contributed by atoms with Crippen LogP contribution in [0, 0.1) is 10.1 Å². The quantitative estimate of drug-likeness (QED) is 0.613. The lowest BCUT2D eigenvalue weighted by molar-refractivity contribution is -0.384. The van der Waals surface area contributed by atoms with Crippen LogP contribution in [-0.4, -0.2) is 29.7 Å².